The predicted molar refractivity (Wildman–Crippen MR) is 58.9 cm³/mol. The summed E-state index contributed by atoms with van der Waals surface area (Å²) < 4.78 is 0. The summed E-state index contributed by atoms with van der Waals surface area (Å²) in [6, 6.07) is 0. The van der Waals surface area contributed by atoms with E-state index in [1.54, 1.807) is 5.20 Å². The molecule has 0 bridgehead atoms. The molecule has 0 saturated carbocycles. The highest BCUT2D eigenvalue weighted by molar-refractivity contribution is 6.84. The van der Waals surface area contributed by atoms with Crippen LogP contribution in [-0.2, 0) is 0 Å². The van der Waals surface area contributed by atoms with Crippen LogP contribution in [0.3, 0.4) is 0 Å². The van der Waals surface area contributed by atoms with Crippen LogP contribution in [0.4, 0.5) is 0 Å². The van der Waals surface area contributed by atoms with Crippen LogP contribution >= 0.6 is 0 Å². The molecule has 0 amide bonds. The first-order chi connectivity index (χ1) is 5.43. The summed E-state index contributed by atoms with van der Waals surface area (Å²) in [6.07, 6.45) is 6.70. The van der Waals surface area contributed by atoms with Gasteiger partial charge < -0.3 is 0 Å². The van der Waals surface area contributed by atoms with Crippen molar-refractivity contribution in [2.45, 2.75) is 33.5 Å². The van der Waals surface area contributed by atoms with Gasteiger partial charge in [-0.1, -0.05) is 48.6 Å². The van der Waals surface area contributed by atoms with Gasteiger partial charge in [-0.3, -0.25) is 0 Å². The van der Waals surface area contributed by atoms with Crippen LogP contribution in [0.5, 0.6) is 0 Å². The van der Waals surface area contributed by atoms with Gasteiger partial charge in [0.15, 0.2) is 0 Å². The highest BCUT2D eigenvalue weighted by Gasteiger charge is 2.23. The van der Waals surface area contributed by atoms with E-state index in [1.807, 2.05) is 0 Å². The average Bonchev–Trinajstić information content (AvgIpc) is 2.30. The highest BCUT2D eigenvalue weighted by atomic mass is 28.3. The van der Waals surface area contributed by atoms with Crippen molar-refractivity contribution < 1.29 is 0 Å². The second-order valence-corrected chi connectivity index (χ2v) is 9.64. The Morgan fingerprint density at radius 3 is 2.08 bits per heavy atom. The van der Waals surface area contributed by atoms with Crippen molar-refractivity contribution in [2.24, 2.45) is 0 Å². The van der Waals surface area contributed by atoms with Crippen molar-refractivity contribution in [3.63, 3.8) is 0 Å². The predicted octanol–water partition coefficient (Wildman–Crippen LogP) is 3.70. The largest absolute Gasteiger partial charge is 0.0783 e. The molecule has 0 spiro atoms. The zero-order valence-corrected chi connectivity index (χ0v) is 9.73. The molecule has 0 fully saturated rings. The minimum absolute atomic E-state index is 1.11. The molecule has 12 heavy (non-hydrogen) atoms. The van der Waals surface area contributed by atoms with E-state index in [-0.39, 0.29) is 0 Å². The van der Waals surface area contributed by atoms with Gasteiger partial charge in [-0.2, -0.15) is 0 Å². The van der Waals surface area contributed by atoms with Crippen molar-refractivity contribution in [3.05, 3.63) is 34.6 Å². The van der Waals surface area contributed by atoms with Gasteiger partial charge >= 0.3 is 0 Å². The third kappa shape index (κ3) is 1.78. The molecule has 1 rings (SSSR count). The molecule has 0 aliphatic heterocycles. The van der Waals surface area contributed by atoms with E-state index >= 15 is 0 Å². The number of rotatable bonds is 1. The van der Waals surface area contributed by atoms with Gasteiger partial charge in [0, 0.05) is 0 Å². The Kier molecular flexibility index (Phi) is 2.43. The van der Waals surface area contributed by atoms with Gasteiger partial charge in [0.05, 0.1) is 8.07 Å². The van der Waals surface area contributed by atoms with Crippen LogP contribution in [0.1, 0.15) is 13.8 Å². The van der Waals surface area contributed by atoms with Crippen molar-refractivity contribution in [2.75, 3.05) is 0 Å². The summed E-state index contributed by atoms with van der Waals surface area (Å²) >= 11 is 0. The molecule has 0 saturated heterocycles. The normalized spacial score (nSPS) is 16.8. The highest BCUT2D eigenvalue weighted by Crippen LogP contribution is 2.29. The van der Waals surface area contributed by atoms with Crippen LogP contribution in [-0.4, -0.2) is 8.07 Å². The molecule has 66 valence electrons. The summed E-state index contributed by atoms with van der Waals surface area (Å²) in [4.78, 5) is 0. The molecule has 0 unspecified atom stereocenters. The zero-order valence-electron chi connectivity index (χ0n) is 8.73. The molecule has 1 aliphatic rings. The Hall–Kier alpha value is -0.563. The summed E-state index contributed by atoms with van der Waals surface area (Å²) in [5.74, 6) is 0. The number of hydrogen-bond donors (Lipinski definition) is 0. The van der Waals surface area contributed by atoms with E-state index in [0.29, 0.717) is 0 Å². The third-order valence-corrected chi connectivity index (χ3v) is 4.21. The smallest absolute Gasteiger partial charge is 0.0693 e. The fourth-order valence-corrected chi connectivity index (χ4v) is 3.25. The second-order valence-electron chi connectivity index (χ2n) is 4.60. The first-order valence-electron chi connectivity index (χ1n) is 4.49. The van der Waals surface area contributed by atoms with Crippen molar-refractivity contribution in [1.82, 2.24) is 0 Å². The summed E-state index contributed by atoms with van der Waals surface area (Å²) in [7, 11) is -1.11. The van der Waals surface area contributed by atoms with Crippen LogP contribution in [0.15, 0.2) is 34.6 Å². The van der Waals surface area contributed by atoms with E-state index in [4.69, 9.17) is 0 Å². The van der Waals surface area contributed by atoms with Gasteiger partial charge in [-0.25, -0.2) is 0 Å². The minimum Gasteiger partial charge on any atom is -0.0693 e. The number of allylic oxidation sites excluding steroid dienone is 6. The molecule has 0 N–H and O–H groups in total. The molecule has 0 aromatic carbocycles. The lowest BCUT2D eigenvalue weighted by atomic mass is 10.2. The quantitative estimate of drug-likeness (QED) is 0.537. The Bertz CT molecular complexity index is 268. The first-order valence-corrected chi connectivity index (χ1v) is 7.99. The lowest BCUT2D eigenvalue weighted by molar-refractivity contribution is 1.33. The van der Waals surface area contributed by atoms with Crippen LogP contribution < -0.4 is 0 Å². The SMILES string of the molecule is CC(C)=C1C=CC=C1[Si](C)(C)C. The summed E-state index contributed by atoms with van der Waals surface area (Å²) in [5.41, 5.74) is 2.92. The molecule has 0 atom stereocenters. The topological polar surface area (TPSA) is 0 Å². The third-order valence-electron chi connectivity index (χ3n) is 2.16. The summed E-state index contributed by atoms with van der Waals surface area (Å²) in [6.45, 7) is 11.6. The average molecular weight is 178 g/mol. The molecule has 1 heteroatoms. The molecular formula is C11H18Si. The van der Waals surface area contributed by atoms with Crippen LogP contribution in [0.2, 0.25) is 19.6 Å². The Morgan fingerprint density at radius 2 is 1.75 bits per heavy atom. The maximum Gasteiger partial charge on any atom is 0.0783 e. The van der Waals surface area contributed by atoms with Crippen LogP contribution in [0, 0.1) is 0 Å². The van der Waals surface area contributed by atoms with Crippen molar-refractivity contribution in [1.29, 1.82) is 0 Å². The van der Waals surface area contributed by atoms with Gasteiger partial charge in [0.1, 0.15) is 0 Å². The van der Waals surface area contributed by atoms with E-state index in [1.165, 1.54) is 11.1 Å². The summed E-state index contributed by atoms with van der Waals surface area (Å²) in [5, 5.41) is 1.60. The lowest BCUT2D eigenvalue weighted by Crippen LogP contribution is -2.24. The Labute approximate surface area is 76.7 Å². The Balaban J connectivity index is 3.06. The van der Waals surface area contributed by atoms with Crippen molar-refractivity contribution >= 4 is 8.07 Å². The van der Waals surface area contributed by atoms with E-state index in [2.05, 4.69) is 51.7 Å². The molecule has 0 aromatic heterocycles. The molecule has 0 nitrogen and oxygen atoms in total. The van der Waals surface area contributed by atoms with Gasteiger partial charge in [-0.15, -0.1) is 0 Å². The molecule has 0 heterocycles. The molecule has 0 aromatic rings. The molecular weight excluding hydrogens is 160 g/mol. The monoisotopic (exact) mass is 178 g/mol. The van der Waals surface area contributed by atoms with E-state index in [0.717, 1.165) is 0 Å². The fourth-order valence-electron chi connectivity index (χ4n) is 1.51. The standard InChI is InChI=1S/C11H18Si/c1-9(2)10-7-6-8-11(10)12(3,4)5/h6-8H,1-5H3. The zero-order chi connectivity index (χ0) is 9.35. The number of hydrogen-bond acceptors (Lipinski definition) is 0. The molecule has 1 aliphatic carbocycles. The lowest BCUT2D eigenvalue weighted by Gasteiger charge is -2.20. The maximum atomic E-state index is 2.40. The van der Waals surface area contributed by atoms with E-state index in [9.17, 15) is 0 Å². The van der Waals surface area contributed by atoms with Gasteiger partial charge in [0.2, 0.25) is 0 Å². The van der Waals surface area contributed by atoms with Crippen molar-refractivity contribution in [3.8, 4) is 0 Å². The van der Waals surface area contributed by atoms with Gasteiger partial charge in [-0.05, 0) is 19.4 Å². The second kappa shape index (κ2) is 3.06. The fraction of sp³-hybridized carbons (Fsp3) is 0.455. The first kappa shape index (κ1) is 9.52. The van der Waals surface area contributed by atoms with Gasteiger partial charge in [0.25, 0.3) is 0 Å². The molecule has 0 radical (unpaired) electrons. The minimum atomic E-state index is -1.11. The van der Waals surface area contributed by atoms with Crippen LogP contribution in [0.25, 0.3) is 0 Å². The Morgan fingerprint density at radius 1 is 1.17 bits per heavy atom. The maximum absolute atomic E-state index is 2.40. The van der Waals surface area contributed by atoms with E-state index < -0.39 is 8.07 Å².